The molecule has 0 atom stereocenters. The highest BCUT2D eigenvalue weighted by molar-refractivity contribution is 5.95. The van der Waals surface area contributed by atoms with Gasteiger partial charge in [-0.3, -0.25) is 4.79 Å². The lowest BCUT2D eigenvalue weighted by atomic mass is 10.2. The van der Waals surface area contributed by atoms with E-state index in [2.05, 4.69) is 15.6 Å². The Hall–Kier alpha value is -2.43. The van der Waals surface area contributed by atoms with E-state index < -0.39 is 11.7 Å². The number of anilines is 1. The molecule has 1 aromatic heterocycles. The summed E-state index contributed by atoms with van der Waals surface area (Å²) in [4.78, 5) is 16.0. The fourth-order valence-corrected chi connectivity index (χ4v) is 1.86. The zero-order valence-electron chi connectivity index (χ0n) is 11.9. The van der Waals surface area contributed by atoms with Crippen molar-refractivity contribution < 1.29 is 9.18 Å². The Morgan fingerprint density at radius 3 is 2.71 bits per heavy atom. The predicted molar refractivity (Wildman–Crippen MR) is 80.6 cm³/mol. The van der Waals surface area contributed by atoms with Gasteiger partial charge in [-0.15, -0.1) is 0 Å². The van der Waals surface area contributed by atoms with Crippen molar-refractivity contribution in [1.29, 1.82) is 0 Å². The van der Waals surface area contributed by atoms with Crippen LogP contribution in [0.1, 0.15) is 29.3 Å². The van der Waals surface area contributed by atoms with E-state index in [1.54, 1.807) is 0 Å². The second-order valence-electron chi connectivity index (χ2n) is 4.62. The molecule has 0 saturated heterocycles. The van der Waals surface area contributed by atoms with E-state index in [4.69, 9.17) is 0 Å². The minimum absolute atomic E-state index is 0.000431. The van der Waals surface area contributed by atoms with Gasteiger partial charge >= 0.3 is 0 Å². The van der Waals surface area contributed by atoms with Crippen LogP contribution in [0.2, 0.25) is 0 Å². The van der Waals surface area contributed by atoms with Crippen LogP contribution in [0.5, 0.6) is 0 Å². The average molecular weight is 287 g/mol. The minimum atomic E-state index is -0.614. The number of nitrogens with one attached hydrogen (secondary N) is 2. The summed E-state index contributed by atoms with van der Waals surface area (Å²) >= 11 is 0. The van der Waals surface area contributed by atoms with Crippen molar-refractivity contribution in [1.82, 2.24) is 10.3 Å². The van der Waals surface area contributed by atoms with Crippen LogP contribution in [0.3, 0.4) is 0 Å². The standard InChI is InChI=1S/C16H18FN3O/c1-2-9-18-15-14(17)13(8-10-19-15)16(21)20-11-12-6-4-3-5-7-12/h3-8,10H,2,9,11H2,1H3,(H,18,19)(H,20,21). The number of amides is 1. The van der Waals surface area contributed by atoms with E-state index in [1.165, 1.54) is 12.3 Å². The highest BCUT2D eigenvalue weighted by atomic mass is 19.1. The molecule has 21 heavy (non-hydrogen) atoms. The number of aromatic nitrogens is 1. The number of rotatable bonds is 6. The molecule has 0 bridgehead atoms. The molecule has 110 valence electrons. The maximum Gasteiger partial charge on any atom is 0.254 e. The summed E-state index contributed by atoms with van der Waals surface area (Å²) < 4.78 is 14.2. The van der Waals surface area contributed by atoms with Crippen LogP contribution < -0.4 is 10.6 Å². The normalized spacial score (nSPS) is 10.2. The topological polar surface area (TPSA) is 54.0 Å². The van der Waals surface area contributed by atoms with Crippen LogP contribution in [0.25, 0.3) is 0 Å². The van der Waals surface area contributed by atoms with Crippen LogP contribution in [0.15, 0.2) is 42.6 Å². The summed E-state index contributed by atoms with van der Waals surface area (Å²) in [5.74, 6) is -0.945. The largest absolute Gasteiger partial charge is 0.368 e. The number of pyridine rings is 1. The van der Waals surface area contributed by atoms with Crippen molar-refractivity contribution in [2.45, 2.75) is 19.9 Å². The van der Waals surface area contributed by atoms with Gasteiger partial charge in [-0.05, 0) is 18.1 Å². The first-order chi connectivity index (χ1) is 10.2. The molecular weight excluding hydrogens is 269 g/mol. The summed E-state index contributed by atoms with van der Waals surface area (Å²) in [6, 6.07) is 10.9. The first-order valence-corrected chi connectivity index (χ1v) is 6.93. The molecule has 0 fully saturated rings. The summed E-state index contributed by atoms with van der Waals surface area (Å²) in [5, 5.41) is 5.57. The third-order valence-corrected chi connectivity index (χ3v) is 2.97. The van der Waals surface area contributed by atoms with E-state index >= 15 is 0 Å². The molecule has 5 heteroatoms. The maximum atomic E-state index is 14.2. The predicted octanol–water partition coefficient (Wildman–Crippen LogP) is 2.97. The van der Waals surface area contributed by atoms with Crippen molar-refractivity contribution in [3.63, 3.8) is 0 Å². The van der Waals surface area contributed by atoms with Gasteiger partial charge in [0.1, 0.15) is 0 Å². The zero-order chi connectivity index (χ0) is 15.1. The summed E-state index contributed by atoms with van der Waals surface area (Å²) in [7, 11) is 0. The van der Waals surface area contributed by atoms with Gasteiger partial charge in [0.05, 0.1) is 5.56 Å². The third kappa shape index (κ3) is 4.02. The van der Waals surface area contributed by atoms with Crippen molar-refractivity contribution in [2.75, 3.05) is 11.9 Å². The van der Waals surface area contributed by atoms with Gasteiger partial charge < -0.3 is 10.6 Å². The number of carbonyl (C=O) groups excluding carboxylic acids is 1. The smallest absolute Gasteiger partial charge is 0.254 e. The lowest BCUT2D eigenvalue weighted by molar-refractivity contribution is 0.0947. The summed E-state index contributed by atoms with van der Waals surface area (Å²) in [6.45, 7) is 2.94. The van der Waals surface area contributed by atoms with Crippen molar-refractivity contribution >= 4 is 11.7 Å². The maximum absolute atomic E-state index is 14.2. The van der Waals surface area contributed by atoms with E-state index in [0.29, 0.717) is 13.1 Å². The Balaban J connectivity index is 2.05. The van der Waals surface area contributed by atoms with Crippen LogP contribution in [0.4, 0.5) is 10.2 Å². The van der Waals surface area contributed by atoms with E-state index in [9.17, 15) is 9.18 Å². The van der Waals surface area contributed by atoms with Gasteiger partial charge in [-0.1, -0.05) is 37.3 Å². The van der Waals surface area contributed by atoms with Crippen molar-refractivity contribution in [2.24, 2.45) is 0 Å². The fraction of sp³-hybridized carbons (Fsp3) is 0.250. The quantitative estimate of drug-likeness (QED) is 0.859. The number of benzene rings is 1. The number of hydrogen-bond acceptors (Lipinski definition) is 3. The van der Waals surface area contributed by atoms with Gasteiger partial charge in [0.15, 0.2) is 11.6 Å². The van der Waals surface area contributed by atoms with Crippen LogP contribution in [-0.4, -0.2) is 17.4 Å². The highest BCUT2D eigenvalue weighted by Crippen LogP contribution is 2.15. The number of carbonyl (C=O) groups is 1. The second-order valence-corrected chi connectivity index (χ2v) is 4.62. The lowest BCUT2D eigenvalue weighted by Crippen LogP contribution is -2.24. The molecule has 1 amide bonds. The van der Waals surface area contributed by atoms with E-state index in [1.807, 2.05) is 37.3 Å². The Morgan fingerprint density at radius 1 is 1.24 bits per heavy atom. The molecule has 1 aromatic carbocycles. The molecule has 0 aliphatic rings. The van der Waals surface area contributed by atoms with Gasteiger partial charge in [0.2, 0.25) is 0 Å². The first-order valence-electron chi connectivity index (χ1n) is 6.93. The van der Waals surface area contributed by atoms with Gasteiger partial charge in [0.25, 0.3) is 5.91 Å². The molecule has 2 rings (SSSR count). The molecule has 0 aliphatic heterocycles. The Bertz CT molecular complexity index is 602. The highest BCUT2D eigenvalue weighted by Gasteiger charge is 2.15. The summed E-state index contributed by atoms with van der Waals surface area (Å²) in [6.07, 6.45) is 2.28. The molecule has 1 heterocycles. The Labute approximate surface area is 123 Å². The minimum Gasteiger partial charge on any atom is -0.368 e. The Kier molecular flexibility index (Phi) is 5.26. The van der Waals surface area contributed by atoms with Crippen molar-refractivity contribution in [3.8, 4) is 0 Å². The number of halogens is 1. The third-order valence-electron chi connectivity index (χ3n) is 2.97. The van der Waals surface area contributed by atoms with Gasteiger partial charge in [-0.2, -0.15) is 0 Å². The van der Waals surface area contributed by atoms with Crippen LogP contribution >= 0.6 is 0 Å². The lowest BCUT2D eigenvalue weighted by Gasteiger charge is -2.09. The molecule has 0 aliphatic carbocycles. The molecule has 2 aromatic rings. The molecule has 0 unspecified atom stereocenters. The first kappa shape index (κ1) is 15.0. The van der Waals surface area contributed by atoms with E-state index in [0.717, 1.165) is 12.0 Å². The number of hydrogen-bond donors (Lipinski definition) is 2. The average Bonchev–Trinajstić information content (AvgIpc) is 2.52. The molecular formula is C16H18FN3O. The van der Waals surface area contributed by atoms with Crippen LogP contribution in [-0.2, 0) is 6.54 Å². The zero-order valence-corrected chi connectivity index (χ0v) is 11.9. The molecule has 0 radical (unpaired) electrons. The fourth-order valence-electron chi connectivity index (χ4n) is 1.86. The van der Waals surface area contributed by atoms with E-state index in [-0.39, 0.29) is 11.4 Å². The molecule has 2 N–H and O–H groups in total. The summed E-state index contributed by atoms with van der Waals surface area (Å²) in [5.41, 5.74) is 0.962. The van der Waals surface area contributed by atoms with Crippen LogP contribution in [0, 0.1) is 5.82 Å². The van der Waals surface area contributed by atoms with Gasteiger partial charge in [-0.25, -0.2) is 9.37 Å². The molecule has 0 saturated carbocycles. The van der Waals surface area contributed by atoms with Crippen molar-refractivity contribution in [3.05, 3.63) is 59.5 Å². The number of nitrogens with zero attached hydrogens (tertiary/aromatic N) is 1. The monoisotopic (exact) mass is 287 g/mol. The second kappa shape index (κ2) is 7.38. The molecule has 0 spiro atoms. The molecule has 4 nitrogen and oxygen atoms in total. The SMILES string of the molecule is CCCNc1nccc(C(=O)NCc2ccccc2)c1F. The van der Waals surface area contributed by atoms with Gasteiger partial charge in [0, 0.05) is 19.3 Å². The Morgan fingerprint density at radius 2 is 2.00 bits per heavy atom.